The third kappa shape index (κ3) is 5.39. The van der Waals surface area contributed by atoms with Gasteiger partial charge in [-0.2, -0.15) is 0 Å². The number of fused-ring (bicyclic) bond motifs is 11. The Bertz CT molecular complexity index is 3420. The van der Waals surface area contributed by atoms with E-state index in [0.29, 0.717) is 5.89 Å². The third-order valence-electron chi connectivity index (χ3n) is 13.3. The fourth-order valence-electron chi connectivity index (χ4n) is 10.6. The van der Waals surface area contributed by atoms with Crippen LogP contribution in [0.5, 0.6) is 0 Å². The fraction of sp³-hybridized carbons (Fsp3) is 0.0517. The highest BCUT2D eigenvalue weighted by molar-refractivity contribution is 5.99. The number of hydrogen-bond acceptors (Lipinski definition) is 5. The molecule has 296 valence electrons. The summed E-state index contributed by atoms with van der Waals surface area (Å²) in [5.74, 6) is 0.621. The molecule has 5 heteroatoms. The van der Waals surface area contributed by atoms with Crippen LogP contribution in [0.2, 0.25) is 0 Å². The maximum atomic E-state index is 6.18. The molecule has 0 aliphatic heterocycles. The Balaban J connectivity index is 0.980. The van der Waals surface area contributed by atoms with Crippen LogP contribution in [0, 0.1) is 0 Å². The van der Waals surface area contributed by atoms with Gasteiger partial charge < -0.3 is 9.32 Å². The molecule has 0 radical (unpaired) electrons. The molecule has 1 atom stereocenters. The van der Waals surface area contributed by atoms with Crippen molar-refractivity contribution >= 4 is 39.1 Å². The first kappa shape index (κ1) is 35.6. The summed E-state index contributed by atoms with van der Waals surface area (Å²) >= 11 is 0. The molecule has 1 spiro atoms. The summed E-state index contributed by atoms with van der Waals surface area (Å²) in [5, 5.41) is 0. The predicted octanol–water partition coefficient (Wildman–Crippen LogP) is 14.0. The highest BCUT2D eigenvalue weighted by Gasteiger charge is 2.53. The minimum absolute atomic E-state index is 0.0166. The van der Waals surface area contributed by atoms with Crippen molar-refractivity contribution in [3.63, 3.8) is 0 Å². The second-order valence-electron chi connectivity index (χ2n) is 16.6. The highest BCUT2D eigenvalue weighted by Crippen LogP contribution is 2.64. The summed E-state index contributed by atoms with van der Waals surface area (Å²) in [6, 6.07) is 71.2. The van der Waals surface area contributed by atoms with E-state index in [1.54, 1.807) is 0 Å². The van der Waals surface area contributed by atoms with Crippen LogP contribution in [0.3, 0.4) is 0 Å². The summed E-state index contributed by atoms with van der Waals surface area (Å²) in [6.07, 6.45) is 5.62. The number of allylic oxidation sites excluding steroid dienone is 2. The van der Waals surface area contributed by atoms with Gasteiger partial charge in [-0.15, -0.1) is 0 Å². The smallest absolute Gasteiger partial charge is 0.227 e. The normalized spacial score (nSPS) is 15.4. The largest absolute Gasteiger partial charge is 0.436 e. The molecule has 0 fully saturated rings. The Hall–Kier alpha value is -8.15. The number of nitrogens with zero attached hydrogens (tertiary/aromatic N) is 4. The maximum Gasteiger partial charge on any atom is 0.227 e. The van der Waals surface area contributed by atoms with Gasteiger partial charge in [0.15, 0.2) is 5.58 Å². The second-order valence-corrected chi connectivity index (χ2v) is 16.6. The summed E-state index contributed by atoms with van der Waals surface area (Å²) in [4.78, 5) is 17.9. The van der Waals surface area contributed by atoms with Gasteiger partial charge in [-0.25, -0.2) is 15.0 Å². The lowest BCUT2D eigenvalue weighted by molar-refractivity contribution is 0.620. The van der Waals surface area contributed by atoms with E-state index in [0.717, 1.165) is 68.0 Å². The SMILES string of the molecule is C1=CC(N(c2ccccc2)c2ccc(-c3nc4ccccc4o3)cc2)CC2=C1c1ccc(-c3nc4ccccc4nc3-c3ccccc3)cc1C21c2ccccc2-c2ccccc21. The highest BCUT2D eigenvalue weighted by atomic mass is 16.3. The van der Waals surface area contributed by atoms with E-state index in [1.807, 2.05) is 36.4 Å². The standard InChI is InChI=1S/C58H38N4O/c1-3-15-37(16-4-1)55-56(60-52-24-12-11-23-51(52)59-55)39-29-33-45-46-34-32-42(36-50(46)58(49(45)35-39)47-21-9-7-19-43(47)44-20-8-10-22-48(44)58)62(40-17-5-2-6-18-40)41-30-27-38(28-31-41)57-61-53-25-13-14-26-54(53)63-57/h1-35,42H,36H2. The van der Waals surface area contributed by atoms with Gasteiger partial charge in [0.25, 0.3) is 0 Å². The van der Waals surface area contributed by atoms with E-state index in [1.165, 1.54) is 44.5 Å². The molecule has 0 saturated carbocycles. The number of rotatable bonds is 6. The average Bonchev–Trinajstić information content (AvgIpc) is 4.01. The van der Waals surface area contributed by atoms with Gasteiger partial charge in [0.2, 0.25) is 5.89 Å². The predicted molar refractivity (Wildman–Crippen MR) is 255 cm³/mol. The Kier molecular flexibility index (Phi) is 7.88. The average molecular weight is 807 g/mol. The minimum atomic E-state index is -0.521. The van der Waals surface area contributed by atoms with Gasteiger partial charge in [0, 0.05) is 28.1 Å². The van der Waals surface area contributed by atoms with Crippen molar-refractivity contribution in [2.24, 2.45) is 0 Å². The Morgan fingerprint density at radius 3 is 1.73 bits per heavy atom. The van der Waals surface area contributed by atoms with Crippen LogP contribution < -0.4 is 4.90 Å². The number of anilines is 2. The summed E-state index contributed by atoms with van der Waals surface area (Å²) in [6.45, 7) is 0. The van der Waals surface area contributed by atoms with Crippen molar-refractivity contribution in [3.05, 3.63) is 240 Å². The van der Waals surface area contributed by atoms with E-state index in [4.69, 9.17) is 19.4 Å². The molecule has 63 heavy (non-hydrogen) atoms. The van der Waals surface area contributed by atoms with Gasteiger partial charge in [-0.1, -0.05) is 146 Å². The lowest BCUT2D eigenvalue weighted by atomic mass is 9.67. The molecule has 2 aromatic heterocycles. The van der Waals surface area contributed by atoms with Crippen LogP contribution in [0.1, 0.15) is 28.7 Å². The molecule has 0 saturated heterocycles. The molecule has 3 aliphatic rings. The van der Waals surface area contributed by atoms with Gasteiger partial charge >= 0.3 is 0 Å². The van der Waals surface area contributed by atoms with Crippen molar-refractivity contribution < 1.29 is 4.42 Å². The first-order chi connectivity index (χ1) is 31.2. The molecule has 13 rings (SSSR count). The summed E-state index contributed by atoms with van der Waals surface area (Å²) in [5.41, 5.74) is 20.4. The van der Waals surface area contributed by atoms with Crippen molar-refractivity contribution in [3.8, 4) is 45.1 Å². The molecule has 0 bridgehead atoms. The molecule has 1 unspecified atom stereocenters. The molecule has 3 aliphatic carbocycles. The van der Waals surface area contributed by atoms with Crippen LogP contribution in [0.4, 0.5) is 11.4 Å². The number of benzene rings is 8. The first-order valence-electron chi connectivity index (χ1n) is 21.6. The van der Waals surface area contributed by atoms with E-state index in [2.05, 4.69) is 181 Å². The van der Waals surface area contributed by atoms with E-state index < -0.39 is 5.41 Å². The van der Waals surface area contributed by atoms with Gasteiger partial charge in [0.05, 0.1) is 33.9 Å². The monoisotopic (exact) mass is 806 g/mol. The molecule has 0 amide bonds. The molecule has 5 nitrogen and oxygen atoms in total. The van der Waals surface area contributed by atoms with Crippen molar-refractivity contribution in [1.82, 2.24) is 15.0 Å². The zero-order valence-electron chi connectivity index (χ0n) is 34.2. The summed E-state index contributed by atoms with van der Waals surface area (Å²) < 4.78 is 6.18. The quantitative estimate of drug-likeness (QED) is 0.167. The van der Waals surface area contributed by atoms with Crippen molar-refractivity contribution in [1.29, 1.82) is 0 Å². The Morgan fingerprint density at radius 1 is 0.460 bits per heavy atom. The maximum absolute atomic E-state index is 6.18. The van der Waals surface area contributed by atoms with Crippen LogP contribution in [0.15, 0.2) is 222 Å². The Morgan fingerprint density at radius 2 is 1.03 bits per heavy atom. The zero-order chi connectivity index (χ0) is 41.5. The topological polar surface area (TPSA) is 55.1 Å². The van der Waals surface area contributed by atoms with E-state index in [-0.39, 0.29) is 6.04 Å². The Labute approximate surface area is 365 Å². The van der Waals surface area contributed by atoms with Crippen molar-refractivity contribution in [2.75, 3.05) is 4.90 Å². The summed E-state index contributed by atoms with van der Waals surface area (Å²) in [7, 11) is 0. The molecule has 8 aromatic carbocycles. The van der Waals surface area contributed by atoms with E-state index >= 15 is 0 Å². The number of hydrogen-bond donors (Lipinski definition) is 0. The molecule has 0 N–H and O–H groups in total. The van der Waals surface area contributed by atoms with Crippen LogP contribution in [0.25, 0.3) is 72.8 Å². The van der Waals surface area contributed by atoms with Crippen molar-refractivity contribution in [2.45, 2.75) is 17.9 Å². The molecular formula is C58H38N4O. The first-order valence-corrected chi connectivity index (χ1v) is 21.6. The van der Waals surface area contributed by atoms with Gasteiger partial charge in [-0.3, -0.25) is 0 Å². The van der Waals surface area contributed by atoms with Crippen LogP contribution in [-0.2, 0) is 5.41 Å². The molecular weight excluding hydrogens is 769 g/mol. The fourth-order valence-corrected chi connectivity index (χ4v) is 10.6. The zero-order valence-corrected chi connectivity index (χ0v) is 34.2. The molecule has 2 heterocycles. The van der Waals surface area contributed by atoms with Gasteiger partial charge in [0.1, 0.15) is 5.52 Å². The molecule has 10 aromatic rings. The number of oxazole rings is 1. The van der Waals surface area contributed by atoms with Gasteiger partial charge in [-0.05, 0) is 118 Å². The minimum Gasteiger partial charge on any atom is -0.436 e. The van der Waals surface area contributed by atoms with Crippen LogP contribution in [-0.4, -0.2) is 21.0 Å². The second kappa shape index (κ2) is 13.9. The number of aromatic nitrogens is 3. The lowest BCUT2D eigenvalue weighted by Gasteiger charge is -2.39. The van der Waals surface area contributed by atoms with Crippen LogP contribution >= 0.6 is 0 Å². The number of para-hydroxylation sites is 5. The van der Waals surface area contributed by atoms with E-state index in [9.17, 15) is 0 Å². The third-order valence-corrected chi connectivity index (χ3v) is 13.3. The lowest BCUT2D eigenvalue weighted by Crippen LogP contribution is -2.35.